The van der Waals surface area contributed by atoms with E-state index in [1.54, 1.807) is 72.3 Å². The molecule has 8 atom stereocenters. The van der Waals surface area contributed by atoms with Crippen LogP contribution in [0.1, 0.15) is 166 Å². The Kier molecular flexibility index (Phi) is 34.6. The van der Waals surface area contributed by atoms with Crippen LogP contribution in [-0.2, 0) is 70.8 Å². The zero-order chi connectivity index (χ0) is 91.2. The molecule has 7 aromatic carbocycles. The molecule has 0 spiro atoms. The van der Waals surface area contributed by atoms with Gasteiger partial charge in [-0.25, -0.2) is 34.1 Å². The third-order valence-corrected chi connectivity index (χ3v) is 24.8. The van der Waals surface area contributed by atoms with Gasteiger partial charge in [-0.05, 0) is 169 Å². The molecule has 32 heteroatoms. The molecule has 0 aliphatic carbocycles. The summed E-state index contributed by atoms with van der Waals surface area (Å²) >= 11 is 3.96. The van der Waals surface area contributed by atoms with Gasteiger partial charge < -0.3 is 70.5 Å². The maximum Gasteiger partial charge on any atom is 0.408 e. The molecule has 0 unspecified atom stereocenters. The summed E-state index contributed by atoms with van der Waals surface area (Å²) in [6, 6.07) is 60.1. The second-order valence-corrected chi connectivity index (χ2v) is 35.4. The van der Waals surface area contributed by atoms with Crippen LogP contribution in [0.5, 0.6) is 0 Å². The van der Waals surface area contributed by atoms with E-state index in [-0.39, 0.29) is 66.6 Å². The maximum absolute atomic E-state index is 13.7. The van der Waals surface area contributed by atoms with Crippen LogP contribution in [0.2, 0.25) is 0 Å². The first-order valence-electron chi connectivity index (χ1n) is 43.3. The number of rotatable bonds is 30. The Hall–Kier alpha value is -13.2. The van der Waals surface area contributed by atoms with Crippen molar-refractivity contribution in [2.24, 2.45) is 5.73 Å². The highest BCUT2D eigenvalue weighted by molar-refractivity contribution is 7.20. The molecule has 8 heterocycles. The number of amides is 8. The molecule has 4 aliphatic rings. The normalized spacial score (nSPS) is 16.7. The van der Waals surface area contributed by atoms with Crippen LogP contribution in [0.4, 0.5) is 19.2 Å². The van der Waals surface area contributed by atoms with E-state index >= 15 is 0 Å². The van der Waals surface area contributed by atoms with Gasteiger partial charge in [-0.15, -0.1) is 34.0 Å². The van der Waals surface area contributed by atoms with Crippen molar-refractivity contribution in [3.8, 4) is 0 Å². The number of hydrogen-bond acceptors (Lipinski definition) is 23. The molecule has 11 aromatic rings. The molecule has 4 aliphatic heterocycles. The van der Waals surface area contributed by atoms with Gasteiger partial charge in [-0.2, -0.15) is 0 Å². The number of benzene rings is 7. The van der Waals surface area contributed by atoms with Crippen LogP contribution < -0.4 is 27.0 Å². The Balaban J connectivity index is 0.000000156. The zero-order valence-corrected chi connectivity index (χ0v) is 74.8. The summed E-state index contributed by atoms with van der Waals surface area (Å²) in [5, 5.41) is 13.7. The number of carbonyl (C=O) groups excluding carboxylic acids is 12. The van der Waals surface area contributed by atoms with Crippen LogP contribution in [0, 0.1) is 0 Å². The average molecular weight is 1810 g/mol. The number of nitrogens with one attached hydrogen (secondary N) is 5. The number of unbranched alkanes of at least 4 members (excludes halogenated alkanes) is 1. The van der Waals surface area contributed by atoms with Crippen LogP contribution in [0.25, 0.3) is 20.4 Å². The number of ketones is 4. The molecule has 129 heavy (non-hydrogen) atoms. The summed E-state index contributed by atoms with van der Waals surface area (Å²) in [4.78, 5) is 177. The van der Waals surface area contributed by atoms with E-state index in [0.717, 1.165) is 80.4 Å². The number of nitrogens with two attached hydrogens (primary N) is 1. The number of fused-ring (bicyclic) bond motifs is 2. The summed E-state index contributed by atoms with van der Waals surface area (Å²) in [5.74, 6) is -1.68. The Morgan fingerprint density at radius 1 is 0.426 bits per heavy atom. The zero-order valence-electron chi connectivity index (χ0n) is 72.4. The second kappa shape index (κ2) is 47.0. The van der Waals surface area contributed by atoms with Crippen LogP contribution in [0.3, 0.4) is 0 Å². The van der Waals surface area contributed by atoms with Crippen molar-refractivity contribution in [1.82, 2.24) is 60.8 Å². The van der Waals surface area contributed by atoms with Crippen LogP contribution >= 0.6 is 34.0 Å². The topological polar surface area (TPSA) is 383 Å². The van der Waals surface area contributed by atoms with Gasteiger partial charge in [-0.3, -0.25) is 38.4 Å². The predicted molar refractivity (Wildman–Crippen MR) is 491 cm³/mol. The lowest BCUT2D eigenvalue weighted by Crippen LogP contribution is -2.53. The van der Waals surface area contributed by atoms with Crippen LogP contribution in [-0.4, -0.2) is 197 Å². The molecular formula is C97H107N13O16S3. The Morgan fingerprint density at radius 3 is 1.18 bits per heavy atom. The maximum atomic E-state index is 13.7. The monoisotopic (exact) mass is 1810 g/mol. The van der Waals surface area contributed by atoms with Gasteiger partial charge in [-0.1, -0.05) is 176 Å². The first kappa shape index (κ1) is 94.9. The number of H-pyrrole nitrogens is 1. The van der Waals surface area contributed by atoms with Gasteiger partial charge in [0.25, 0.3) is 0 Å². The molecule has 0 bridgehead atoms. The molecule has 0 saturated carbocycles. The second-order valence-electron chi connectivity index (χ2n) is 32.4. The van der Waals surface area contributed by atoms with E-state index in [2.05, 4.69) is 41.2 Å². The van der Waals surface area contributed by atoms with Crippen LogP contribution in [0.15, 0.2) is 230 Å². The highest BCUT2D eigenvalue weighted by Crippen LogP contribution is 2.32. The van der Waals surface area contributed by atoms with Crippen molar-refractivity contribution in [2.45, 2.75) is 185 Å². The van der Waals surface area contributed by atoms with Gasteiger partial charge in [0.15, 0.2) is 15.0 Å². The number of aromatic nitrogens is 4. The Bertz CT molecular complexity index is 5510. The third kappa shape index (κ3) is 27.2. The van der Waals surface area contributed by atoms with E-state index < -0.39 is 78.3 Å². The predicted octanol–water partition coefficient (Wildman–Crippen LogP) is 14.9. The Morgan fingerprint density at radius 2 is 0.791 bits per heavy atom. The molecular weight excluding hydrogens is 1700 g/mol. The fourth-order valence-corrected chi connectivity index (χ4v) is 18.1. The number of nitrogens with zero attached hydrogens (tertiary/aromatic N) is 7. The van der Waals surface area contributed by atoms with Gasteiger partial charge in [0.1, 0.15) is 49.6 Å². The van der Waals surface area contributed by atoms with E-state index in [0.29, 0.717) is 105 Å². The summed E-state index contributed by atoms with van der Waals surface area (Å²) in [6.45, 7) is 9.65. The van der Waals surface area contributed by atoms with E-state index in [9.17, 15) is 57.5 Å². The largest absolute Gasteiger partial charge is 0.445 e. The Labute approximate surface area is 760 Å². The number of likely N-dealkylation sites (tertiary alicyclic amines) is 4. The van der Waals surface area contributed by atoms with Gasteiger partial charge >= 0.3 is 24.4 Å². The number of thiazole rings is 3. The third-order valence-electron chi connectivity index (χ3n) is 21.9. The number of para-hydroxylation sites is 2. The summed E-state index contributed by atoms with van der Waals surface area (Å²) in [7, 11) is 0. The first-order chi connectivity index (χ1) is 62.4. The quantitative estimate of drug-likeness (QED) is 0.0138. The van der Waals surface area contributed by atoms with Crippen molar-refractivity contribution in [3.05, 3.63) is 279 Å². The number of carbonyl (C=O) groups is 12. The molecule has 8 amide bonds. The lowest BCUT2D eigenvalue weighted by molar-refractivity contribution is -0.134. The molecule has 4 saturated heterocycles. The van der Waals surface area contributed by atoms with E-state index in [1.165, 1.54) is 38.9 Å². The van der Waals surface area contributed by atoms with E-state index in [1.807, 2.05) is 200 Å². The molecule has 29 nitrogen and oxygen atoms in total. The summed E-state index contributed by atoms with van der Waals surface area (Å²) in [6.07, 6.45) is 8.35. The number of Topliss-reactive ketones (excluding diaryl/α,β-unsaturated/α-hetero) is 4. The number of ether oxygens (including phenoxy) is 4. The molecule has 0 radical (unpaired) electrons. The van der Waals surface area contributed by atoms with E-state index in [4.69, 9.17) is 24.7 Å². The molecule has 4 fully saturated rings. The first-order valence-corrected chi connectivity index (χ1v) is 45.8. The minimum atomic E-state index is -0.846. The summed E-state index contributed by atoms with van der Waals surface area (Å²) < 4.78 is 23.1. The highest BCUT2D eigenvalue weighted by atomic mass is 32.1. The standard InChI is InChI=1S/C26H30N4O4S.C26H29N3O4S.C26H27N3O4.C19H21N3O4S/c27-15-7-6-12-20(29-26(33)34-17-18-9-2-1-3-10-18)25(32)30-16-8-13-21(30)23(31)24-28-19-11-4-5-14-22(19)35-24;1-26(2,3)33-25(32)28-19(16-17-10-5-4-6-11-17)24(31)29-15-9-13-20(29)22(30)23-27-18-12-7-8-14-21(18)34-23;30-24(21-13-7-15-27-21)23-14-8-16-29(23)25(31)22(17-19-9-3-1-4-10-19)28-26(32)33-18-20-11-5-2-6-12-20;1-13(21-19(25)26-12-14-6-3-2-4-7-14)18(24)22-10-5-8-15(22)16(23)17-20-9-11-27-17/h1-5,9-11,14,20-21H,6-8,12-13,15-17,27H2,(H,29,33);4-8,10-12,14,19-20H,9,13,15-16H2,1-3H3,(H,28,32);1-7,9-13,15,22-23,27H,8,14,16-18H2,(H,28,32);2-4,6-7,9,11,13,15H,5,8,10,12H2,1H3,(H,21,25)/t20-,21-;19-,20-;22-,23-;13-,15-/m0000/s1. The van der Waals surface area contributed by atoms with Crippen molar-refractivity contribution in [1.29, 1.82) is 0 Å². The van der Waals surface area contributed by atoms with Gasteiger partial charge in [0.2, 0.25) is 46.8 Å². The SMILES string of the molecule is CC(C)(C)OC(=O)N[C@@H](Cc1ccccc1)C(=O)N1CCC[C@H]1C(=O)c1nc2ccccc2s1.C[C@H](NC(=O)OCc1ccccc1)C(=O)N1CCC[C@H]1C(=O)c1nccs1.NCCCC[C@H](NC(=O)OCc1ccccc1)C(=O)N1CCC[C@H]1C(=O)c1nc2ccccc2s1.O=C(N[C@@H](Cc1ccccc1)C(=O)N1CCC[C@H]1C(=O)c1ccc[nH]1)OCc1ccccc1. The minimum Gasteiger partial charge on any atom is -0.445 e. The minimum absolute atomic E-state index is 0.108. The molecule has 15 rings (SSSR count). The fraction of sp³-hybridized carbons (Fsp3) is 0.351. The van der Waals surface area contributed by atoms with Crippen molar-refractivity contribution < 1.29 is 76.5 Å². The lowest BCUT2D eigenvalue weighted by Gasteiger charge is -2.29. The molecule has 4 aromatic heterocycles. The summed E-state index contributed by atoms with van der Waals surface area (Å²) in [5.41, 5.74) is 11.4. The number of hydrogen-bond donors (Lipinski definition) is 6. The highest BCUT2D eigenvalue weighted by Gasteiger charge is 2.44. The average Bonchev–Trinajstić information content (AvgIpc) is 1.68. The molecule has 674 valence electrons. The fourth-order valence-electron chi connectivity index (χ4n) is 15.6. The van der Waals surface area contributed by atoms with Crippen molar-refractivity contribution >= 4 is 126 Å². The molecule has 7 N–H and O–H groups in total. The van der Waals surface area contributed by atoms with Crippen molar-refractivity contribution in [2.75, 3.05) is 32.7 Å². The van der Waals surface area contributed by atoms with Gasteiger partial charge in [0, 0.05) is 56.8 Å². The smallest absolute Gasteiger partial charge is 0.408 e. The van der Waals surface area contributed by atoms with Crippen molar-refractivity contribution in [3.63, 3.8) is 0 Å². The lowest BCUT2D eigenvalue weighted by atomic mass is 10.0. The van der Waals surface area contributed by atoms with Gasteiger partial charge in [0.05, 0.1) is 50.3 Å². The number of alkyl carbamates (subject to hydrolysis) is 4. The number of aromatic amines is 1.